The van der Waals surface area contributed by atoms with Crippen LogP contribution in [0.4, 0.5) is 0 Å². The van der Waals surface area contributed by atoms with Crippen molar-refractivity contribution in [3.8, 4) is 5.75 Å². The zero-order chi connectivity index (χ0) is 15.5. The largest absolute Gasteiger partial charge is 0.489 e. The molecule has 0 aliphatic rings. The number of hydrogen-bond donors (Lipinski definition) is 2. The SMILES string of the molecule is CC(C)(C)c1ccc(OCc2cccc(B(O)O)c2)cc1. The topological polar surface area (TPSA) is 49.7 Å². The Kier molecular flexibility index (Phi) is 4.71. The van der Waals surface area contributed by atoms with Crippen LogP contribution < -0.4 is 10.2 Å². The molecule has 110 valence electrons. The Balaban J connectivity index is 2.01. The van der Waals surface area contributed by atoms with E-state index in [1.807, 2.05) is 18.2 Å². The standard InChI is InChI=1S/C17H21BO3/c1-17(2,3)14-7-9-16(10-8-14)21-12-13-5-4-6-15(11-13)18(19)20/h4-11,19-20H,12H2,1-3H3. The predicted octanol–water partition coefficient (Wildman–Crippen LogP) is 2.24. The molecule has 0 heterocycles. The molecule has 0 aliphatic carbocycles. The van der Waals surface area contributed by atoms with Crippen LogP contribution in [0.3, 0.4) is 0 Å². The molecule has 0 unspecified atom stereocenters. The van der Waals surface area contributed by atoms with Crippen molar-refractivity contribution in [2.75, 3.05) is 0 Å². The molecule has 0 amide bonds. The van der Waals surface area contributed by atoms with Crippen molar-refractivity contribution in [1.82, 2.24) is 0 Å². The van der Waals surface area contributed by atoms with Gasteiger partial charge in [-0.2, -0.15) is 0 Å². The van der Waals surface area contributed by atoms with Crippen molar-refractivity contribution in [3.05, 3.63) is 59.7 Å². The van der Waals surface area contributed by atoms with Crippen LogP contribution in [0.2, 0.25) is 0 Å². The molecule has 0 saturated carbocycles. The van der Waals surface area contributed by atoms with Crippen molar-refractivity contribution in [3.63, 3.8) is 0 Å². The van der Waals surface area contributed by atoms with Gasteiger partial charge in [-0.3, -0.25) is 0 Å². The molecule has 0 radical (unpaired) electrons. The van der Waals surface area contributed by atoms with Gasteiger partial charge in [-0.15, -0.1) is 0 Å². The van der Waals surface area contributed by atoms with Gasteiger partial charge >= 0.3 is 7.12 Å². The van der Waals surface area contributed by atoms with Crippen LogP contribution in [0.1, 0.15) is 31.9 Å². The van der Waals surface area contributed by atoms with E-state index in [1.165, 1.54) is 5.56 Å². The molecule has 2 aromatic carbocycles. The summed E-state index contributed by atoms with van der Waals surface area (Å²) in [5.41, 5.74) is 2.77. The van der Waals surface area contributed by atoms with E-state index in [0.717, 1.165) is 11.3 Å². The molecule has 21 heavy (non-hydrogen) atoms. The van der Waals surface area contributed by atoms with Crippen molar-refractivity contribution in [1.29, 1.82) is 0 Å². The van der Waals surface area contributed by atoms with E-state index in [4.69, 9.17) is 14.8 Å². The minimum atomic E-state index is -1.45. The third-order valence-electron chi connectivity index (χ3n) is 3.38. The lowest BCUT2D eigenvalue weighted by Gasteiger charge is -2.19. The first-order valence-corrected chi connectivity index (χ1v) is 7.04. The Morgan fingerprint density at radius 1 is 1.00 bits per heavy atom. The second kappa shape index (κ2) is 6.33. The summed E-state index contributed by atoms with van der Waals surface area (Å²) >= 11 is 0. The Labute approximate surface area is 126 Å². The van der Waals surface area contributed by atoms with Gasteiger partial charge in [0.15, 0.2) is 0 Å². The van der Waals surface area contributed by atoms with E-state index in [9.17, 15) is 0 Å². The number of hydrogen-bond acceptors (Lipinski definition) is 3. The molecule has 0 fully saturated rings. The fourth-order valence-electron chi connectivity index (χ4n) is 2.06. The zero-order valence-corrected chi connectivity index (χ0v) is 12.7. The fraction of sp³-hybridized carbons (Fsp3) is 0.294. The van der Waals surface area contributed by atoms with Gasteiger partial charge in [0.2, 0.25) is 0 Å². The highest BCUT2D eigenvalue weighted by atomic mass is 16.5. The second-order valence-electron chi connectivity index (χ2n) is 6.18. The van der Waals surface area contributed by atoms with Crippen LogP contribution in [0.15, 0.2) is 48.5 Å². The molecular formula is C17H21BO3. The normalized spacial score (nSPS) is 11.3. The van der Waals surface area contributed by atoms with Gasteiger partial charge in [0, 0.05) is 0 Å². The van der Waals surface area contributed by atoms with Crippen LogP contribution >= 0.6 is 0 Å². The molecule has 0 bridgehead atoms. The smallest absolute Gasteiger partial charge is 0.488 e. The minimum absolute atomic E-state index is 0.129. The van der Waals surface area contributed by atoms with E-state index in [2.05, 4.69) is 32.9 Å². The van der Waals surface area contributed by atoms with Gasteiger partial charge in [-0.1, -0.05) is 57.2 Å². The zero-order valence-electron chi connectivity index (χ0n) is 12.7. The summed E-state index contributed by atoms with van der Waals surface area (Å²) in [7, 11) is -1.45. The van der Waals surface area contributed by atoms with Gasteiger partial charge in [-0.05, 0) is 34.1 Å². The van der Waals surface area contributed by atoms with Crippen molar-refractivity contribution in [2.45, 2.75) is 32.8 Å². The van der Waals surface area contributed by atoms with Crippen molar-refractivity contribution < 1.29 is 14.8 Å². The molecule has 2 rings (SSSR count). The molecule has 2 N–H and O–H groups in total. The average Bonchev–Trinajstić information content (AvgIpc) is 2.45. The van der Waals surface area contributed by atoms with Crippen LogP contribution in [-0.4, -0.2) is 17.2 Å². The third-order valence-corrected chi connectivity index (χ3v) is 3.38. The van der Waals surface area contributed by atoms with Crippen LogP contribution in [0.25, 0.3) is 0 Å². The van der Waals surface area contributed by atoms with Crippen LogP contribution in [0.5, 0.6) is 5.75 Å². The molecular weight excluding hydrogens is 263 g/mol. The van der Waals surface area contributed by atoms with E-state index < -0.39 is 7.12 Å². The Bertz CT molecular complexity index is 586. The van der Waals surface area contributed by atoms with Gasteiger partial charge in [0.25, 0.3) is 0 Å². The number of benzene rings is 2. The van der Waals surface area contributed by atoms with E-state index >= 15 is 0 Å². The van der Waals surface area contributed by atoms with Gasteiger partial charge < -0.3 is 14.8 Å². The summed E-state index contributed by atoms with van der Waals surface area (Å²) in [6, 6.07) is 15.2. The highest BCUT2D eigenvalue weighted by molar-refractivity contribution is 6.58. The molecule has 0 saturated heterocycles. The maximum absolute atomic E-state index is 9.15. The maximum atomic E-state index is 9.15. The number of ether oxygens (including phenoxy) is 1. The van der Waals surface area contributed by atoms with Crippen molar-refractivity contribution >= 4 is 12.6 Å². The van der Waals surface area contributed by atoms with Gasteiger partial charge in [0.1, 0.15) is 12.4 Å². The lowest BCUT2D eigenvalue weighted by molar-refractivity contribution is 0.306. The molecule has 4 heteroatoms. The van der Waals surface area contributed by atoms with Gasteiger partial charge in [0.05, 0.1) is 0 Å². The summed E-state index contributed by atoms with van der Waals surface area (Å²) in [5, 5.41) is 18.3. The van der Waals surface area contributed by atoms with Crippen LogP contribution in [-0.2, 0) is 12.0 Å². The Hall–Kier alpha value is -1.78. The highest BCUT2D eigenvalue weighted by Gasteiger charge is 2.13. The molecule has 0 atom stereocenters. The lowest BCUT2D eigenvalue weighted by Crippen LogP contribution is -2.29. The van der Waals surface area contributed by atoms with E-state index in [-0.39, 0.29) is 5.41 Å². The fourth-order valence-corrected chi connectivity index (χ4v) is 2.06. The predicted molar refractivity (Wildman–Crippen MR) is 85.7 cm³/mol. The summed E-state index contributed by atoms with van der Waals surface area (Å²) in [6.07, 6.45) is 0. The van der Waals surface area contributed by atoms with E-state index in [1.54, 1.807) is 18.2 Å². The minimum Gasteiger partial charge on any atom is -0.489 e. The first kappa shape index (κ1) is 15.6. The molecule has 0 spiro atoms. The van der Waals surface area contributed by atoms with Crippen molar-refractivity contribution in [2.24, 2.45) is 0 Å². The second-order valence-corrected chi connectivity index (χ2v) is 6.18. The van der Waals surface area contributed by atoms with Gasteiger partial charge in [-0.25, -0.2) is 0 Å². The maximum Gasteiger partial charge on any atom is 0.488 e. The summed E-state index contributed by atoms with van der Waals surface area (Å²) < 4.78 is 5.73. The average molecular weight is 284 g/mol. The first-order chi connectivity index (χ1) is 9.86. The molecule has 3 nitrogen and oxygen atoms in total. The quantitative estimate of drug-likeness (QED) is 0.847. The lowest BCUT2D eigenvalue weighted by atomic mass is 9.80. The molecule has 0 aromatic heterocycles. The van der Waals surface area contributed by atoms with Crippen LogP contribution in [0, 0.1) is 0 Å². The Morgan fingerprint density at radius 2 is 1.67 bits per heavy atom. The van der Waals surface area contributed by atoms with E-state index in [0.29, 0.717) is 12.1 Å². The first-order valence-electron chi connectivity index (χ1n) is 7.04. The third kappa shape index (κ3) is 4.35. The summed E-state index contributed by atoms with van der Waals surface area (Å²) in [4.78, 5) is 0. The Morgan fingerprint density at radius 3 is 2.24 bits per heavy atom. The summed E-state index contributed by atoms with van der Waals surface area (Å²) in [5.74, 6) is 0.804. The molecule has 0 aliphatic heterocycles. The highest BCUT2D eigenvalue weighted by Crippen LogP contribution is 2.24. The molecule has 2 aromatic rings. The number of rotatable bonds is 4. The monoisotopic (exact) mass is 284 g/mol. The summed E-state index contributed by atoms with van der Waals surface area (Å²) in [6.45, 7) is 6.92.